The summed E-state index contributed by atoms with van der Waals surface area (Å²) in [5.74, 6) is 2.32. The smallest absolute Gasteiger partial charge is 0.237 e. The number of thioether (sulfide) groups is 1. The van der Waals surface area contributed by atoms with E-state index in [1.165, 1.54) is 12.2 Å². The lowest BCUT2D eigenvalue weighted by molar-refractivity contribution is -0.123. The van der Waals surface area contributed by atoms with Crippen LogP contribution in [0.1, 0.15) is 39.0 Å². The molecule has 3 nitrogen and oxygen atoms in total. The van der Waals surface area contributed by atoms with Crippen molar-refractivity contribution in [3.63, 3.8) is 0 Å². The summed E-state index contributed by atoms with van der Waals surface area (Å²) in [4.78, 5) is 11.7. The molecule has 1 rings (SSSR count). The Hall–Kier alpha value is -0.220. The maximum absolute atomic E-state index is 11.7. The number of hydrogen-bond acceptors (Lipinski definition) is 3. The van der Waals surface area contributed by atoms with E-state index in [9.17, 15) is 4.79 Å². The van der Waals surface area contributed by atoms with E-state index < -0.39 is 0 Å². The molecular weight excluding hydrogens is 208 g/mol. The molecule has 0 aromatic rings. The molecule has 0 saturated carbocycles. The Morgan fingerprint density at radius 2 is 2.47 bits per heavy atom. The number of rotatable bonds is 5. The molecule has 0 spiro atoms. The van der Waals surface area contributed by atoms with Crippen molar-refractivity contribution in [2.75, 3.05) is 11.5 Å². The van der Waals surface area contributed by atoms with Crippen LogP contribution in [0.15, 0.2) is 0 Å². The molecule has 1 fully saturated rings. The maximum atomic E-state index is 11.7. The molecule has 0 aromatic carbocycles. The van der Waals surface area contributed by atoms with Gasteiger partial charge < -0.3 is 11.1 Å². The fraction of sp³-hybridized carbons (Fsp3) is 0.909. The minimum Gasteiger partial charge on any atom is -0.351 e. The van der Waals surface area contributed by atoms with Gasteiger partial charge in [0.05, 0.1) is 6.04 Å². The van der Waals surface area contributed by atoms with Crippen LogP contribution in [0.4, 0.5) is 0 Å². The maximum Gasteiger partial charge on any atom is 0.237 e. The molecule has 3 N–H and O–H groups in total. The summed E-state index contributed by atoms with van der Waals surface area (Å²) in [7, 11) is 0. The summed E-state index contributed by atoms with van der Waals surface area (Å²) in [6.45, 7) is 2.11. The fourth-order valence-electron chi connectivity index (χ4n) is 1.72. The summed E-state index contributed by atoms with van der Waals surface area (Å²) < 4.78 is 0. The van der Waals surface area contributed by atoms with E-state index in [2.05, 4.69) is 12.2 Å². The zero-order chi connectivity index (χ0) is 11.1. The minimum atomic E-state index is -0.308. The van der Waals surface area contributed by atoms with Gasteiger partial charge in [-0.15, -0.1) is 0 Å². The Bertz CT molecular complexity index is 193. The van der Waals surface area contributed by atoms with Gasteiger partial charge in [0.25, 0.3) is 0 Å². The van der Waals surface area contributed by atoms with E-state index in [4.69, 9.17) is 5.73 Å². The molecule has 15 heavy (non-hydrogen) atoms. The van der Waals surface area contributed by atoms with Gasteiger partial charge in [-0.3, -0.25) is 4.79 Å². The third-order valence-electron chi connectivity index (χ3n) is 2.71. The van der Waals surface area contributed by atoms with Crippen LogP contribution in [0.25, 0.3) is 0 Å². The first-order valence-electron chi connectivity index (χ1n) is 5.87. The molecule has 1 saturated heterocycles. The average Bonchev–Trinajstić information content (AvgIpc) is 2.27. The topological polar surface area (TPSA) is 55.1 Å². The van der Waals surface area contributed by atoms with Gasteiger partial charge in [0.15, 0.2) is 0 Å². The predicted molar refractivity (Wildman–Crippen MR) is 66.0 cm³/mol. The van der Waals surface area contributed by atoms with E-state index >= 15 is 0 Å². The van der Waals surface area contributed by atoms with Crippen molar-refractivity contribution >= 4 is 17.7 Å². The highest BCUT2D eigenvalue weighted by atomic mass is 32.2. The molecule has 1 amide bonds. The van der Waals surface area contributed by atoms with Crippen LogP contribution in [0.3, 0.4) is 0 Å². The monoisotopic (exact) mass is 230 g/mol. The van der Waals surface area contributed by atoms with Gasteiger partial charge >= 0.3 is 0 Å². The van der Waals surface area contributed by atoms with E-state index in [-0.39, 0.29) is 11.9 Å². The molecule has 2 atom stereocenters. The largest absolute Gasteiger partial charge is 0.351 e. The first-order chi connectivity index (χ1) is 7.24. The normalized spacial score (nSPS) is 23.5. The number of hydrogen-bond donors (Lipinski definition) is 2. The Morgan fingerprint density at radius 1 is 1.67 bits per heavy atom. The Balaban J connectivity index is 2.20. The summed E-state index contributed by atoms with van der Waals surface area (Å²) >= 11 is 1.92. The zero-order valence-corrected chi connectivity index (χ0v) is 10.3. The first kappa shape index (κ1) is 12.8. The molecule has 4 heteroatoms. The molecule has 1 aliphatic rings. The minimum absolute atomic E-state index is 0.0379. The van der Waals surface area contributed by atoms with E-state index in [1.54, 1.807) is 0 Å². The standard InChI is InChI=1S/C11H22N2OS/c1-2-3-6-10(12)11(14)13-9-5-4-7-15-8-9/h9-10H,2-8,12H2,1H3,(H,13,14)/t9?,10-/m0/s1. The van der Waals surface area contributed by atoms with Gasteiger partial charge in [0, 0.05) is 11.8 Å². The highest BCUT2D eigenvalue weighted by Crippen LogP contribution is 2.16. The van der Waals surface area contributed by atoms with Crippen LogP contribution in [0.5, 0.6) is 0 Å². The van der Waals surface area contributed by atoms with Crippen molar-refractivity contribution < 1.29 is 4.79 Å². The lowest BCUT2D eigenvalue weighted by atomic mass is 10.1. The number of nitrogens with one attached hydrogen (secondary N) is 1. The third kappa shape index (κ3) is 4.89. The second-order valence-electron chi connectivity index (χ2n) is 4.17. The van der Waals surface area contributed by atoms with Crippen molar-refractivity contribution in [3.8, 4) is 0 Å². The number of unbranched alkanes of at least 4 members (excludes halogenated alkanes) is 1. The SMILES string of the molecule is CCCC[C@H](N)C(=O)NC1CCCSC1. The Kier molecular flexibility index (Phi) is 6.10. The van der Waals surface area contributed by atoms with E-state index in [1.807, 2.05) is 11.8 Å². The fourth-order valence-corrected chi connectivity index (χ4v) is 2.79. The predicted octanol–water partition coefficient (Wildman–Crippen LogP) is 1.52. The molecule has 1 aliphatic heterocycles. The quantitative estimate of drug-likeness (QED) is 0.753. The first-order valence-corrected chi connectivity index (χ1v) is 7.03. The average molecular weight is 230 g/mol. The highest BCUT2D eigenvalue weighted by Gasteiger charge is 2.19. The van der Waals surface area contributed by atoms with Crippen LogP contribution in [0.2, 0.25) is 0 Å². The van der Waals surface area contributed by atoms with Gasteiger partial charge in [-0.25, -0.2) is 0 Å². The number of amides is 1. The second kappa shape index (κ2) is 7.12. The Morgan fingerprint density at radius 3 is 3.07 bits per heavy atom. The van der Waals surface area contributed by atoms with Gasteiger partial charge in [0.1, 0.15) is 0 Å². The van der Waals surface area contributed by atoms with Gasteiger partial charge in [-0.1, -0.05) is 19.8 Å². The lowest BCUT2D eigenvalue weighted by Gasteiger charge is -2.24. The highest BCUT2D eigenvalue weighted by molar-refractivity contribution is 7.99. The van der Waals surface area contributed by atoms with Crippen LogP contribution in [0, 0.1) is 0 Å². The molecule has 0 radical (unpaired) electrons. The van der Waals surface area contributed by atoms with Crippen LogP contribution in [-0.2, 0) is 4.79 Å². The summed E-state index contributed by atoms with van der Waals surface area (Å²) in [6.07, 6.45) is 5.26. The number of nitrogens with two attached hydrogens (primary N) is 1. The molecule has 1 heterocycles. The molecule has 0 aromatic heterocycles. The molecule has 1 unspecified atom stereocenters. The van der Waals surface area contributed by atoms with E-state index in [0.717, 1.165) is 31.4 Å². The van der Waals surface area contributed by atoms with Crippen molar-refractivity contribution in [2.24, 2.45) is 5.73 Å². The van der Waals surface area contributed by atoms with Crippen LogP contribution in [-0.4, -0.2) is 29.5 Å². The molecular formula is C11H22N2OS. The molecule has 0 bridgehead atoms. The summed E-state index contributed by atoms with van der Waals surface area (Å²) in [5.41, 5.74) is 5.80. The van der Waals surface area contributed by atoms with Crippen molar-refractivity contribution in [2.45, 2.75) is 51.1 Å². The Labute approximate surface area is 96.6 Å². The summed E-state index contributed by atoms with van der Waals surface area (Å²) in [5, 5.41) is 3.04. The number of carbonyl (C=O) groups is 1. The summed E-state index contributed by atoms with van der Waals surface area (Å²) in [6, 6.07) is 0.0424. The van der Waals surface area contributed by atoms with Crippen molar-refractivity contribution in [1.29, 1.82) is 0 Å². The van der Waals surface area contributed by atoms with Crippen LogP contribution < -0.4 is 11.1 Å². The van der Waals surface area contributed by atoms with Gasteiger partial charge in [-0.05, 0) is 25.0 Å². The van der Waals surface area contributed by atoms with Gasteiger partial charge in [0.2, 0.25) is 5.91 Å². The van der Waals surface area contributed by atoms with Crippen molar-refractivity contribution in [3.05, 3.63) is 0 Å². The number of carbonyl (C=O) groups excluding carboxylic acids is 1. The zero-order valence-electron chi connectivity index (χ0n) is 9.50. The lowest BCUT2D eigenvalue weighted by Crippen LogP contribution is -2.47. The third-order valence-corrected chi connectivity index (χ3v) is 3.93. The second-order valence-corrected chi connectivity index (χ2v) is 5.32. The van der Waals surface area contributed by atoms with Gasteiger partial charge in [-0.2, -0.15) is 11.8 Å². The molecule has 0 aliphatic carbocycles. The molecule has 88 valence electrons. The van der Waals surface area contributed by atoms with Crippen molar-refractivity contribution in [1.82, 2.24) is 5.32 Å². The van der Waals surface area contributed by atoms with E-state index in [0.29, 0.717) is 6.04 Å². The van der Waals surface area contributed by atoms with Crippen LogP contribution >= 0.6 is 11.8 Å².